The van der Waals surface area contributed by atoms with Crippen LogP contribution in [0.25, 0.3) is 0 Å². The van der Waals surface area contributed by atoms with Crippen molar-refractivity contribution in [3.63, 3.8) is 0 Å². The van der Waals surface area contributed by atoms with Crippen molar-refractivity contribution in [2.45, 2.75) is 6.73 Å². The third kappa shape index (κ3) is 3.75. The first-order valence-corrected chi connectivity index (χ1v) is 7.09. The zero-order valence-corrected chi connectivity index (χ0v) is 12.4. The maximum atomic E-state index is 13.5. The Hall–Kier alpha value is -3.22. The van der Waals surface area contributed by atoms with Crippen LogP contribution in [0.5, 0.6) is 5.75 Å². The fraction of sp³-hybridized carbons (Fsp3) is 0.0588. The summed E-state index contributed by atoms with van der Waals surface area (Å²) in [6, 6.07) is 13.0. The van der Waals surface area contributed by atoms with Crippen molar-refractivity contribution < 1.29 is 18.3 Å². The van der Waals surface area contributed by atoms with Gasteiger partial charge in [0.25, 0.3) is 5.91 Å². The van der Waals surface area contributed by atoms with Gasteiger partial charge in [0.05, 0.1) is 0 Å². The number of halogens is 2. The third-order valence-electron chi connectivity index (χ3n) is 3.14. The predicted octanol–water partition coefficient (Wildman–Crippen LogP) is 3.45. The van der Waals surface area contributed by atoms with Crippen LogP contribution >= 0.6 is 0 Å². The lowest BCUT2D eigenvalue weighted by atomic mass is 10.3. The van der Waals surface area contributed by atoms with E-state index in [0.29, 0.717) is 5.69 Å². The number of aromatic nitrogens is 2. The summed E-state index contributed by atoms with van der Waals surface area (Å²) >= 11 is 0. The van der Waals surface area contributed by atoms with Gasteiger partial charge >= 0.3 is 0 Å². The number of anilines is 1. The molecule has 0 saturated heterocycles. The van der Waals surface area contributed by atoms with Crippen molar-refractivity contribution in [2.75, 3.05) is 5.32 Å². The van der Waals surface area contributed by atoms with Crippen LogP contribution in [0.3, 0.4) is 0 Å². The maximum absolute atomic E-state index is 13.5. The molecule has 122 valence electrons. The first kappa shape index (κ1) is 15.7. The van der Waals surface area contributed by atoms with Crippen LogP contribution in [0.2, 0.25) is 0 Å². The number of hydrogen-bond acceptors (Lipinski definition) is 3. The molecule has 3 aromatic rings. The number of para-hydroxylation sites is 1. The SMILES string of the molecule is O=C(Nc1cccc(F)c1)c1ccn(COc2ccccc2F)n1. The molecule has 0 saturated carbocycles. The molecule has 0 fully saturated rings. The highest BCUT2D eigenvalue weighted by Crippen LogP contribution is 2.16. The van der Waals surface area contributed by atoms with Gasteiger partial charge in [-0.2, -0.15) is 5.10 Å². The normalized spacial score (nSPS) is 10.4. The molecule has 3 rings (SSSR count). The van der Waals surface area contributed by atoms with Gasteiger partial charge in [0.2, 0.25) is 0 Å². The quantitative estimate of drug-likeness (QED) is 0.780. The fourth-order valence-corrected chi connectivity index (χ4v) is 2.01. The Balaban J connectivity index is 1.62. The number of rotatable bonds is 5. The Bertz CT molecular complexity index is 864. The highest BCUT2D eigenvalue weighted by Gasteiger charge is 2.11. The van der Waals surface area contributed by atoms with Crippen LogP contribution in [0.1, 0.15) is 10.5 Å². The molecule has 0 radical (unpaired) electrons. The van der Waals surface area contributed by atoms with Gasteiger partial charge in [0, 0.05) is 11.9 Å². The van der Waals surface area contributed by atoms with Gasteiger partial charge in [0.1, 0.15) is 5.82 Å². The molecule has 2 aromatic carbocycles. The number of hydrogen-bond donors (Lipinski definition) is 1. The summed E-state index contributed by atoms with van der Waals surface area (Å²) in [5.74, 6) is -1.31. The summed E-state index contributed by atoms with van der Waals surface area (Å²) < 4.78 is 33.2. The van der Waals surface area contributed by atoms with Gasteiger partial charge in [-0.15, -0.1) is 0 Å². The minimum absolute atomic E-state index is 0.0474. The standard InChI is InChI=1S/C17H13F2N3O2/c18-12-4-3-5-13(10-12)20-17(23)15-8-9-22(21-15)11-24-16-7-2-1-6-14(16)19/h1-10H,11H2,(H,20,23). The van der Waals surface area contributed by atoms with E-state index in [2.05, 4.69) is 10.4 Å². The summed E-state index contributed by atoms with van der Waals surface area (Å²) in [5.41, 5.74) is 0.466. The largest absolute Gasteiger partial charge is 0.468 e. The number of amides is 1. The number of nitrogens with zero attached hydrogens (tertiary/aromatic N) is 2. The summed E-state index contributed by atoms with van der Waals surface area (Å²) in [4.78, 5) is 12.1. The molecule has 1 amide bonds. The van der Waals surface area contributed by atoms with Gasteiger partial charge in [0.15, 0.2) is 24.0 Å². The second-order valence-electron chi connectivity index (χ2n) is 4.91. The molecule has 0 aliphatic carbocycles. The van der Waals surface area contributed by atoms with E-state index in [9.17, 15) is 13.6 Å². The molecule has 0 aliphatic rings. The van der Waals surface area contributed by atoms with E-state index in [1.807, 2.05) is 0 Å². The summed E-state index contributed by atoms with van der Waals surface area (Å²) in [6.07, 6.45) is 1.53. The second kappa shape index (κ2) is 6.91. The number of ether oxygens (including phenoxy) is 1. The Labute approximate surface area is 136 Å². The Morgan fingerprint density at radius 1 is 1.12 bits per heavy atom. The lowest BCUT2D eigenvalue weighted by molar-refractivity contribution is 0.102. The van der Waals surface area contributed by atoms with Crippen LogP contribution in [0.4, 0.5) is 14.5 Å². The molecule has 5 nitrogen and oxygen atoms in total. The number of carbonyl (C=O) groups excluding carboxylic acids is 1. The zero-order chi connectivity index (χ0) is 16.9. The van der Waals surface area contributed by atoms with E-state index in [1.165, 1.54) is 47.3 Å². The molecule has 24 heavy (non-hydrogen) atoms. The molecule has 7 heteroatoms. The molecule has 0 atom stereocenters. The summed E-state index contributed by atoms with van der Waals surface area (Å²) in [7, 11) is 0. The van der Waals surface area contributed by atoms with Crippen LogP contribution in [0.15, 0.2) is 60.8 Å². The lowest BCUT2D eigenvalue weighted by Crippen LogP contribution is -2.14. The first-order valence-electron chi connectivity index (χ1n) is 7.09. The molecular formula is C17H13F2N3O2. The molecule has 1 heterocycles. The number of benzene rings is 2. The monoisotopic (exact) mass is 329 g/mol. The summed E-state index contributed by atoms with van der Waals surface area (Å²) in [6.45, 7) is -0.0474. The van der Waals surface area contributed by atoms with Crippen molar-refractivity contribution in [1.29, 1.82) is 0 Å². The van der Waals surface area contributed by atoms with Crippen molar-refractivity contribution in [2.24, 2.45) is 0 Å². The average Bonchev–Trinajstić information content (AvgIpc) is 3.03. The summed E-state index contributed by atoms with van der Waals surface area (Å²) in [5, 5.41) is 6.58. The van der Waals surface area contributed by atoms with Crippen LogP contribution < -0.4 is 10.1 Å². The number of carbonyl (C=O) groups is 1. The number of nitrogens with one attached hydrogen (secondary N) is 1. The van der Waals surface area contributed by atoms with Crippen molar-refractivity contribution in [1.82, 2.24) is 9.78 Å². The van der Waals surface area contributed by atoms with E-state index in [-0.39, 0.29) is 18.2 Å². The van der Waals surface area contributed by atoms with E-state index in [0.717, 1.165) is 0 Å². The van der Waals surface area contributed by atoms with Crippen LogP contribution in [-0.2, 0) is 6.73 Å². The molecular weight excluding hydrogens is 316 g/mol. The van der Waals surface area contributed by atoms with E-state index in [1.54, 1.807) is 18.2 Å². The Morgan fingerprint density at radius 2 is 1.96 bits per heavy atom. The fourth-order valence-electron chi connectivity index (χ4n) is 2.01. The average molecular weight is 329 g/mol. The van der Waals surface area contributed by atoms with Crippen LogP contribution in [-0.4, -0.2) is 15.7 Å². The topological polar surface area (TPSA) is 56.2 Å². The highest BCUT2D eigenvalue weighted by atomic mass is 19.1. The van der Waals surface area contributed by atoms with Gasteiger partial charge in [-0.05, 0) is 36.4 Å². The Kier molecular flexibility index (Phi) is 4.51. The van der Waals surface area contributed by atoms with E-state index < -0.39 is 17.5 Å². The molecule has 0 spiro atoms. The van der Waals surface area contributed by atoms with Crippen molar-refractivity contribution >= 4 is 11.6 Å². The first-order chi connectivity index (χ1) is 11.6. The van der Waals surface area contributed by atoms with Gasteiger partial charge < -0.3 is 10.1 Å². The van der Waals surface area contributed by atoms with Gasteiger partial charge in [-0.25, -0.2) is 13.5 Å². The highest BCUT2D eigenvalue weighted by molar-refractivity contribution is 6.02. The minimum Gasteiger partial charge on any atom is -0.468 e. The maximum Gasteiger partial charge on any atom is 0.276 e. The van der Waals surface area contributed by atoms with Crippen LogP contribution in [0, 0.1) is 11.6 Å². The molecule has 1 aromatic heterocycles. The van der Waals surface area contributed by atoms with Gasteiger partial charge in [-0.1, -0.05) is 18.2 Å². The van der Waals surface area contributed by atoms with E-state index >= 15 is 0 Å². The molecule has 0 unspecified atom stereocenters. The lowest BCUT2D eigenvalue weighted by Gasteiger charge is -2.06. The van der Waals surface area contributed by atoms with Gasteiger partial charge in [-0.3, -0.25) is 4.79 Å². The zero-order valence-electron chi connectivity index (χ0n) is 12.4. The molecule has 0 bridgehead atoms. The molecule has 0 aliphatic heterocycles. The molecule has 1 N–H and O–H groups in total. The Morgan fingerprint density at radius 3 is 2.75 bits per heavy atom. The van der Waals surface area contributed by atoms with E-state index in [4.69, 9.17) is 4.74 Å². The predicted molar refractivity (Wildman–Crippen MR) is 83.6 cm³/mol. The van der Waals surface area contributed by atoms with Crippen molar-refractivity contribution in [3.05, 3.63) is 78.1 Å². The smallest absolute Gasteiger partial charge is 0.276 e. The third-order valence-corrected chi connectivity index (χ3v) is 3.14. The minimum atomic E-state index is -0.481. The van der Waals surface area contributed by atoms with Crippen molar-refractivity contribution in [3.8, 4) is 5.75 Å². The second-order valence-corrected chi connectivity index (χ2v) is 4.91.